The van der Waals surface area contributed by atoms with E-state index in [2.05, 4.69) is 15.0 Å². The second-order valence-electron chi connectivity index (χ2n) is 4.97. The van der Waals surface area contributed by atoms with Crippen LogP contribution < -0.4 is 10.0 Å². The Kier molecular flexibility index (Phi) is 4.52. The summed E-state index contributed by atoms with van der Waals surface area (Å²) in [5.74, 6) is 0.0156. The minimum Gasteiger partial charge on any atom is -0.363 e. The van der Waals surface area contributed by atoms with E-state index in [0.29, 0.717) is 19.4 Å². The molecular weight excluding hydrogens is 302 g/mol. The van der Waals surface area contributed by atoms with Gasteiger partial charge in [-0.25, -0.2) is 21.6 Å². The molecule has 2 rings (SSSR count). The number of sulfonamides is 1. The van der Waals surface area contributed by atoms with Gasteiger partial charge in [-0.3, -0.25) is 0 Å². The van der Waals surface area contributed by atoms with Crippen LogP contribution in [0.15, 0.2) is 17.2 Å². The average Bonchev–Trinajstić information content (AvgIpc) is 2.77. The van der Waals surface area contributed by atoms with Gasteiger partial charge in [-0.1, -0.05) is 0 Å². The Balaban J connectivity index is 2.10. The fourth-order valence-corrected chi connectivity index (χ4v) is 5.30. The van der Waals surface area contributed by atoms with Gasteiger partial charge in [-0.05, 0) is 26.0 Å². The van der Waals surface area contributed by atoms with Crippen LogP contribution in [0.4, 0.5) is 0 Å². The maximum atomic E-state index is 12.2. The van der Waals surface area contributed by atoms with Crippen LogP contribution in [0.5, 0.6) is 0 Å². The zero-order valence-electron chi connectivity index (χ0n) is 11.2. The maximum absolute atomic E-state index is 12.2. The van der Waals surface area contributed by atoms with Crippen molar-refractivity contribution in [2.75, 3.05) is 18.6 Å². The Morgan fingerprint density at radius 2 is 2.20 bits per heavy atom. The first-order valence-electron chi connectivity index (χ1n) is 6.37. The van der Waals surface area contributed by atoms with Crippen molar-refractivity contribution in [1.29, 1.82) is 0 Å². The minimum atomic E-state index is -3.68. The van der Waals surface area contributed by atoms with E-state index < -0.39 is 25.9 Å². The molecule has 0 aliphatic carbocycles. The quantitative estimate of drug-likeness (QED) is 0.683. The molecule has 1 aliphatic heterocycles. The van der Waals surface area contributed by atoms with Gasteiger partial charge >= 0.3 is 0 Å². The van der Waals surface area contributed by atoms with Gasteiger partial charge in [0.2, 0.25) is 10.0 Å². The molecule has 1 fully saturated rings. The molecule has 114 valence electrons. The van der Waals surface area contributed by atoms with Crippen LogP contribution in [0.25, 0.3) is 0 Å². The highest BCUT2D eigenvalue weighted by Gasteiger charge is 2.29. The van der Waals surface area contributed by atoms with Crippen LogP contribution in [0.1, 0.15) is 18.5 Å². The van der Waals surface area contributed by atoms with Crippen LogP contribution in [-0.4, -0.2) is 46.4 Å². The zero-order valence-corrected chi connectivity index (χ0v) is 12.9. The smallest absolute Gasteiger partial charge is 0.242 e. The van der Waals surface area contributed by atoms with E-state index in [1.165, 1.54) is 12.3 Å². The summed E-state index contributed by atoms with van der Waals surface area (Å²) in [6.45, 7) is 0.535. The highest BCUT2D eigenvalue weighted by molar-refractivity contribution is 7.91. The lowest BCUT2D eigenvalue weighted by Crippen LogP contribution is -2.43. The molecule has 7 nitrogen and oxygen atoms in total. The largest absolute Gasteiger partial charge is 0.363 e. The number of hydrogen-bond donors (Lipinski definition) is 3. The molecule has 1 unspecified atom stereocenters. The fourth-order valence-electron chi connectivity index (χ4n) is 2.27. The topological polar surface area (TPSA) is 108 Å². The summed E-state index contributed by atoms with van der Waals surface area (Å²) in [6.07, 6.45) is 2.45. The molecule has 0 aromatic carbocycles. The first-order valence-corrected chi connectivity index (χ1v) is 9.67. The Labute approximate surface area is 119 Å². The molecule has 0 spiro atoms. The van der Waals surface area contributed by atoms with Crippen LogP contribution in [0.2, 0.25) is 0 Å². The Morgan fingerprint density at radius 3 is 2.85 bits per heavy atom. The van der Waals surface area contributed by atoms with E-state index in [4.69, 9.17) is 0 Å². The van der Waals surface area contributed by atoms with Crippen LogP contribution >= 0.6 is 0 Å². The number of aromatic nitrogens is 1. The number of H-pyrrole nitrogens is 1. The third kappa shape index (κ3) is 3.81. The van der Waals surface area contributed by atoms with Gasteiger partial charge in [0.1, 0.15) is 0 Å². The second kappa shape index (κ2) is 5.84. The first kappa shape index (κ1) is 15.5. The molecule has 1 aliphatic rings. The van der Waals surface area contributed by atoms with Crippen molar-refractivity contribution in [2.45, 2.75) is 30.3 Å². The molecule has 20 heavy (non-hydrogen) atoms. The molecule has 9 heteroatoms. The number of aromatic amines is 1. The van der Waals surface area contributed by atoms with Crippen molar-refractivity contribution in [2.24, 2.45) is 0 Å². The van der Waals surface area contributed by atoms with E-state index in [-0.39, 0.29) is 16.4 Å². The lowest BCUT2D eigenvalue weighted by atomic mass is 10.2. The second-order valence-corrected chi connectivity index (χ2v) is 8.91. The van der Waals surface area contributed by atoms with E-state index >= 15 is 0 Å². The summed E-state index contributed by atoms with van der Waals surface area (Å²) < 4.78 is 49.9. The molecule has 1 saturated heterocycles. The van der Waals surface area contributed by atoms with Gasteiger partial charge in [-0.2, -0.15) is 0 Å². The van der Waals surface area contributed by atoms with Gasteiger partial charge in [0, 0.05) is 24.5 Å². The summed E-state index contributed by atoms with van der Waals surface area (Å²) in [6, 6.07) is 0.997. The molecule has 0 radical (unpaired) electrons. The Bertz CT molecular complexity index is 664. The summed E-state index contributed by atoms with van der Waals surface area (Å²) in [4.78, 5) is 3.00. The zero-order chi connectivity index (χ0) is 14.8. The predicted octanol–water partition coefficient (Wildman–Crippen LogP) is -0.410. The summed E-state index contributed by atoms with van der Waals surface area (Å²) in [5.41, 5.74) is 0.754. The molecule has 3 N–H and O–H groups in total. The van der Waals surface area contributed by atoms with Crippen LogP contribution in [0, 0.1) is 0 Å². The van der Waals surface area contributed by atoms with Crippen molar-refractivity contribution in [3.63, 3.8) is 0 Å². The highest BCUT2D eigenvalue weighted by Crippen LogP contribution is 2.16. The van der Waals surface area contributed by atoms with E-state index in [1.807, 2.05) is 0 Å². The van der Waals surface area contributed by atoms with Gasteiger partial charge in [0.25, 0.3) is 0 Å². The van der Waals surface area contributed by atoms with E-state index in [0.717, 1.165) is 5.69 Å². The summed E-state index contributed by atoms with van der Waals surface area (Å²) >= 11 is 0. The molecule has 1 aromatic rings. The van der Waals surface area contributed by atoms with E-state index in [9.17, 15) is 16.8 Å². The van der Waals surface area contributed by atoms with Crippen molar-refractivity contribution < 1.29 is 16.8 Å². The fraction of sp³-hybridized carbons (Fsp3) is 0.636. The van der Waals surface area contributed by atoms with Crippen molar-refractivity contribution in [3.8, 4) is 0 Å². The molecule has 1 aromatic heterocycles. The third-order valence-corrected chi connectivity index (χ3v) is 6.50. The molecule has 0 saturated carbocycles. The lowest BCUT2D eigenvalue weighted by Gasteiger charge is -2.22. The molecule has 0 amide bonds. The van der Waals surface area contributed by atoms with Gasteiger partial charge in [0.15, 0.2) is 9.84 Å². The van der Waals surface area contributed by atoms with Gasteiger partial charge < -0.3 is 10.3 Å². The summed E-state index contributed by atoms with van der Waals surface area (Å²) in [5, 5.41) is 2.92. The van der Waals surface area contributed by atoms with Crippen LogP contribution in [0.3, 0.4) is 0 Å². The highest BCUT2D eigenvalue weighted by atomic mass is 32.2. The first-order chi connectivity index (χ1) is 9.32. The van der Waals surface area contributed by atoms with E-state index in [1.54, 1.807) is 7.05 Å². The molecule has 0 bridgehead atoms. The Hall–Kier alpha value is -0.900. The van der Waals surface area contributed by atoms with Crippen molar-refractivity contribution >= 4 is 19.9 Å². The van der Waals surface area contributed by atoms with Crippen molar-refractivity contribution in [1.82, 2.24) is 15.0 Å². The molecule has 2 heterocycles. The van der Waals surface area contributed by atoms with Gasteiger partial charge in [-0.15, -0.1) is 0 Å². The average molecular weight is 321 g/mol. The number of sulfone groups is 1. The third-order valence-electron chi connectivity index (χ3n) is 3.18. The lowest BCUT2D eigenvalue weighted by molar-refractivity contribution is 0.517. The number of hydrogen-bond acceptors (Lipinski definition) is 5. The Morgan fingerprint density at radius 1 is 1.45 bits per heavy atom. The van der Waals surface area contributed by atoms with Crippen molar-refractivity contribution in [3.05, 3.63) is 18.0 Å². The normalized spacial score (nSPS) is 22.8. The maximum Gasteiger partial charge on any atom is 0.242 e. The van der Waals surface area contributed by atoms with Gasteiger partial charge in [0.05, 0.1) is 16.4 Å². The number of nitrogens with one attached hydrogen (secondary N) is 3. The minimum absolute atomic E-state index is 0.125. The molecular formula is C11H19N3O4S2. The standard InChI is InChI=1S/C11H19N3O4S2/c1-12-6-10-5-11(7-13-10)20(17,18)14-9-3-2-4-19(15,16)8-9/h5,7,9,12-14H,2-4,6,8H2,1H3. The monoisotopic (exact) mass is 321 g/mol. The number of rotatable bonds is 5. The summed E-state index contributed by atoms with van der Waals surface area (Å²) in [7, 11) is -5.05. The molecule has 1 atom stereocenters. The predicted molar refractivity (Wildman–Crippen MR) is 75.6 cm³/mol. The van der Waals surface area contributed by atoms with Crippen LogP contribution in [-0.2, 0) is 26.4 Å². The SMILES string of the molecule is CNCc1cc(S(=O)(=O)NC2CCCS(=O)(=O)C2)c[nH]1.